The Bertz CT molecular complexity index is 854. The number of nitrogens with zero attached hydrogens (tertiary/aromatic N) is 4. The van der Waals surface area contributed by atoms with Crippen molar-refractivity contribution in [1.29, 1.82) is 0 Å². The lowest BCUT2D eigenvalue weighted by atomic mass is 9.92. The molecule has 1 aliphatic heterocycles. The summed E-state index contributed by atoms with van der Waals surface area (Å²) in [5.74, 6) is 1.23. The quantitative estimate of drug-likeness (QED) is 0.747. The standard InChI is InChI=1S/C19H20ClN5/c1-12(2)13-3-5-14(6-4-13)17-11-18(15-7-9-16(20)10-8-15)25-19(21-17)22-23-24-25/h3-10,12,17-18H,11H2,1-2H3,(H,21,22,24). The first-order chi connectivity index (χ1) is 12.1. The number of anilines is 1. The van der Waals surface area contributed by atoms with Gasteiger partial charge in [0.15, 0.2) is 0 Å². The van der Waals surface area contributed by atoms with Gasteiger partial charge in [-0.25, -0.2) is 4.68 Å². The average molecular weight is 354 g/mol. The van der Waals surface area contributed by atoms with E-state index >= 15 is 0 Å². The number of benzene rings is 2. The Morgan fingerprint density at radius 1 is 1.04 bits per heavy atom. The molecule has 1 aliphatic rings. The smallest absolute Gasteiger partial charge is 0.243 e. The maximum Gasteiger partial charge on any atom is 0.243 e. The Morgan fingerprint density at radius 3 is 2.40 bits per heavy atom. The van der Waals surface area contributed by atoms with Crippen LogP contribution in [0.3, 0.4) is 0 Å². The van der Waals surface area contributed by atoms with Gasteiger partial charge in [-0.15, -0.1) is 0 Å². The fraction of sp³-hybridized carbons (Fsp3) is 0.316. The first kappa shape index (κ1) is 16.1. The third kappa shape index (κ3) is 3.12. The Morgan fingerprint density at radius 2 is 1.72 bits per heavy atom. The van der Waals surface area contributed by atoms with E-state index in [4.69, 9.17) is 11.6 Å². The molecule has 3 aromatic rings. The van der Waals surface area contributed by atoms with Gasteiger partial charge in [0.05, 0.1) is 12.1 Å². The highest BCUT2D eigenvalue weighted by Gasteiger charge is 2.30. The van der Waals surface area contributed by atoms with E-state index in [9.17, 15) is 0 Å². The number of fused-ring (bicyclic) bond motifs is 1. The molecule has 0 amide bonds. The second kappa shape index (κ2) is 6.48. The number of halogens is 1. The fourth-order valence-corrected chi connectivity index (χ4v) is 3.46. The number of hydrogen-bond donors (Lipinski definition) is 1. The fourth-order valence-electron chi connectivity index (χ4n) is 3.33. The van der Waals surface area contributed by atoms with Gasteiger partial charge in [0.1, 0.15) is 0 Å². The van der Waals surface area contributed by atoms with E-state index in [0.717, 1.165) is 17.0 Å². The molecular formula is C19H20ClN5. The van der Waals surface area contributed by atoms with Gasteiger partial charge in [0, 0.05) is 5.02 Å². The van der Waals surface area contributed by atoms with Crippen molar-refractivity contribution in [3.05, 3.63) is 70.2 Å². The summed E-state index contributed by atoms with van der Waals surface area (Å²) in [5.41, 5.74) is 3.75. The number of tetrazole rings is 1. The SMILES string of the molecule is CC(C)c1ccc(C2CC(c3ccc(Cl)cc3)n3nnnc3N2)cc1. The predicted molar refractivity (Wildman–Crippen MR) is 98.9 cm³/mol. The van der Waals surface area contributed by atoms with Gasteiger partial charge in [-0.2, -0.15) is 0 Å². The van der Waals surface area contributed by atoms with Crippen LogP contribution in [0.25, 0.3) is 0 Å². The molecular weight excluding hydrogens is 334 g/mol. The lowest BCUT2D eigenvalue weighted by Crippen LogP contribution is -2.28. The molecule has 128 valence electrons. The molecule has 0 bridgehead atoms. The van der Waals surface area contributed by atoms with E-state index in [2.05, 4.69) is 59.0 Å². The molecule has 0 saturated carbocycles. The Hall–Kier alpha value is -2.40. The lowest BCUT2D eigenvalue weighted by Gasteiger charge is -2.31. The van der Waals surface area contributed by atoms with Crippen molar-refractivity contribution < 1.29 is 0 Å². The lowest BCUT2D eigenvalue weighted by molar-refractivity contribution is 0.424. The van der Waals surface area contributed by atoms with Crippen molar-refractivity contribution in [3.8, 4) is 0 Å². The minimum atomic E-state index is 0.0818. The summed E-state index contributed by atoms with van der Waals surface area (Å²) >= 11 is 6.04. The first-order valence-corrected chi connectivity index (χ1v) is 8.89. The summed E-state index contributed by atoms with van der Waals surface area (Å²) in [7, 11) is 0. The van der Waals surface area contributed by atoms with Crippen LogP contribution in [0, 0.1) is 0 Å². The second-order valence-corrected chi connectivity index (χ2v) is 7.20. The van der Waals surface area contributed by atoms with Crippen molar-refractivity contribution in [3.63, 3.8) is 0 Å². The molecule has 4 rings (SSSR count). The number of nitrogens with one attached hydrogen (secondary N) is 1. The molecule has 6 heteroatoms. The Kier molecular flexibility index (Phi) is 4.17. The first-order valence-electron chi connectivity index (χ1n) is 8.51. The summed E-state index contributed by atoms with van der Waals surface area (Å²) in [4.78, 5) is 0. The van der Waals surface area contributed by atoms with Crippen molar-refractivity contribution in [2.45, 2.75) is 38.3 Å². The summed E-state index contributed by atoms with van der Waals surface area (Å²) in [6.07, 6.45) is 0.876. The molecule has 25 heavy (non-hydrogen) atoms. The zero-order valence-corrected chi connectivity index (χ0v) is 15.0. The van der Waals surface area contributed by atoms with Crippen LogP contribution >= 0.6 is 11.6 Å². The zero-order valence-electron chi connectivity index (χ0n) is 14.2. The summed E-state index contributed by atoms with van der Waals surface area (Å²) in [6, 6.07) is 17.0. The van der Waals surface area contributed by atoms with Crippen LogP contribution in [0.1, 0.15) is 55.0 Å². The maximum absolute atomic E-state index is 6.04. The summed E-state index contributed by atoms with van der Waals surface area (Å²) in [5, 5.41) is 16.3. The van der Waals surface area contributed by atoms with Crippen molar-refractivity contribution in [2.75, 3.05) is 5.32 Å². The highest BCUT2D eigenvalue weighted by molar-refractivity contribution is 6.30. The van der Waals surface area contributed by atoms with E-state index in [1.165, 1.54) is 11.1 Å². The van der Waals surface area contributed by atoms with Gasteiger partial charge in [0.2, 0.25) is 5.95 Å². The molecule has 5 nitrogen and oxygen atoms in total. The molecule has 1 aromatic heterocycles. The average Bonchev–Trinajstić information content (AvgIpc) is 3.10. The van der Waals surface area contributed by atoms with E-state index in [-0.39, 0.29) is 12.1 Å². The van der Waals surface area contributed by atoms with Gasteiger partial charge in [-0.1, -0.05) is 66.9 Å². The molecule has 0 spiro atoms. The number of aromatic nitrogens is 4. The van der Waals surface area contributed by atoms with Gasteiger partial charge < -0.3 is 5.32 Å². The van der Waals surface area contributed by atoms with Crippen LogP contribution < -0.4 is 5.32 Å². The molecule has 2 aromatic carbocycles. The molecule has 2 unspecified atom stereocenters. The molecule has 0 fully saturated rings. The highest BCUT2D eigenvalue weighted by Crippen LogP contribution is 2.37. The molecule has 1 N–H and O–H groups in total. The maximum atomic E-state index is 6.04. The molecule has 2 atom stereocenters. The molecule has 0 radical (unpaired) electrons. The van der Waals surface area contributed by atoms with E-state index in [1.54, 1.807) is 0 Å². The molecule has 0 saturated heterocycles. The van der Waals surface area contributed by atoms with Gasteiger partial charge in [-0.05, 0) is 51.6 Å². The van der Waals surface area contributed by atoms with E-state index in [1.807, 2.05) is 28.9 Å². The van der Waals surface area contributed by atoms with Crippen molar-refractivity contribution in [2.24, 2.45) is 0 Å². The summed E-state index contributed by atoms with van der Waals surface area (Å²) < 4.78 is 1.85. The number of rotatable bonds is 3. The third-order valence-corrected chi connectivity index (χ3v) is 5.06. The minimum absolute atomic E-state index is 0.0818. The van der Waals surface area contributed by atoms with E-state index < -0.39 is 0 Å². The van der Waals surface area contributed by atoms with Gasteiger partial charge in [0.25, 0.3) is 0 Å². The van der Waals surface area contributed by atoms with Crippen LogP contribution in [0.4, 0.5) is 5.95 Å². The Labute approximate surface area is 152 Å². The van der Waals surface area contributed by atoms with Gasteiger partial charge in [-0.3, -0.25) is 0 Å². The van der Waals surface area contributed by atoms with Crippen LogP contribution in [0.5, 0.6) is 0 Å². The molecule has 0 aliphatic carbocycles. The zero-order chi connectivity index (χ0) is 17.4. The van der Waals surface area contributed by atoms with Crippen molar-refractivity contribution in [1.82, 2.24) is 20.2 Å². The predicted octanol–water partition coefficient (Wildman–Crippen LogP) is 4.60. The van der Waals surface area contributed by atoms with Crippen LogP contribution in [-0.2, 0) is 0 Å². The molecule has 2 heterocycles. The largest absolute Gasteiger partial charge is 0.346 e. The van der Waals surface area contributed by atoms with Crippen LogP contribution in [0.15, 0.2) is 48.5 Å². The normalized spacial score (nSPS) is 19.5. The van der Waals surface area contributed by atoms with Crippen molar-refractivity contribution >= 4 is 17.5 Å². The van der Waals surface area contributed by atoms with E-state index in [0.29, 0.717) is 11.9 Å². The van der Waals surface area contributed by atoms with Gasteiger partial charge >= 0.3 is 0 Å². The highest BCUT2D eigenvalue weighted by atomic mass is 35.5. The monoisotopic (exact) mass is 353 g/mol. The number of hydrogen-bond acceptors (Lipinski definition) is 4. The van der Waals surface area contributed by atoms with Crippen LogP contribution in [0.2, 0.25) is 5.02 Å². The third-order valence-electron chi connectivity index (χ3n) is 4.81. The minimum Gasteiger partial charge on any atom is -0.346 e. The summed E-state index contributed by atoms with van der Waals surface area (Å²) in [6.45, 7) is 4.41. The second-order valence-electron chi connectivity index (χ2n) is 6.77. The Balaban J connectivity index is 1.67. The van der Waals surface area contributed by atoms with Crippen LogP contribution in [-0.4, -0.2) is 20.2 Å². The topological polar surface area (TPSA) is 55.6 Å².